The van der Waals surface area contributed by atoms with E-state index in [-0.39, 0.29) is 35.6 Å². The largest absolute Gasteiger partial charge is 0.449 e. The first-order valence-electron chi connectivity index (χ1n) is 10.1. The summed E-state index contributed by atoms with van der Waals surface area (Å²) in [6.45, 7) is 2.90. The van der Waals surface area contributed by atoms with Crippen LogP contribution in [0.25, 0.3) is 11.0 Å². The molecule has 1 aromatic carbocycles. The summed E-state index contributed by atoms with van der Waals surface area (Å²) < 4.78 is 42.6. The van der Waals surface area contributed by atoms with Gasteiger partial charge in [-0.05, 0) is 25.5 Å². The SMILES string of the molecule is CCCCn1c(N)c(N(CC)C(=O)Cn2c(C(F)(F)F)nc3ccccc32)c(=O)[nH]c1=O. The number of para-hydroxylation sites is 2. The highest BCUT2D eigenvalue weighted by molar-refractivity contribution is 5.96. The van der Waals surface area contributed by atoms with Gasteiger partial charge in [-0.1, -0.05) is 25.5 Å². The Labute approximate surface area is 180 Å². The fraction of sp³-hybridized carbons (Fsp3) is 0.400. The molecule has 0 atom stereocenters. The van der Waals surface area contributed by atoms with Gasteiger partial charge in [0.25, 0.3) is 5.56 Å². The highest BCUT2D eigenvalue weighted by Gasteiger charge is 2.38. The average Bonchev–Trinajstić information content (AvgIpc) is 3.09. The van der Waals surface area contributed by atoms with Crippen molar-refractivity contribution < 1.29 is 18.0 Å². The van der Waals surface area contributed by atoms with Crippen molar-refractivity contribution in [1.82, 2.24) is 19.1 Å². The molecule has 0 radical (unpaired) electrons. The number of benzene rings is 1. The van der Waals surface area contributed by atoms with Crippen molar-refractivity contribution in [2.45, 2.75) is 46.0 Å². The van der Waals surface area contributed by atoms with Crippen LogP contribution in [0.4, 0.5) is 24.7 Å². The molecule has 0 aliphatic heterocycles. The number of hydrogen-bond acceptors (Lipinski definition) is 5. The van der Waals surface area contributed by atoms with Crippen LogP contribution in [0.1, 0.15) is 32.5 Å². The van der Waals surface area contributed by atoms with E-state index in [9.17, 15) is 27.6 Å². The Kier molecular flexibility index (Phi) is 6.42. The van der Waals surface area contributed by atoms with Gasteiger partial charge in [-0.3, -0.25) is 19.1 Å². The molecule has 32 heavy (non-hydrogen) atoms. The topological polar surface area (TPSA) is 119 Å². The van der Waals surface area contributed by atoms with Crippen molar-refractivity contribution in [1.29, 1.82) is 0 Å². The van der Waals surface area contributed by atoms with Crippen molar-refractivity contribution in [3.05, 3.63) is 50.9 Å². The molecule has 1 amide bonds. The van der Waals surface area contributed by atoms with Crippen LogP contribution >= 0.6 is 0 Å². The maximum atomic E-state index is 13.6. The Hall–Kier alpha value is -3.57. The summed E-state index contributed by atoms with van der Waals surface area (Å²) in [5, 5.41) is 0. The molecule has 0 fully saturated rings. The number of carbonyl (C=O) groups excluding carboxylic acids is 1. The van der Waals surface area contributed by atoms with Crippen LogP contribution in [0, 0.1) is 0 Å². The van der Waals surface area contributed by atoms with Gasteiger partial charge in [0.2, 0.25) is 11.7 Å². The zero-order valence-corrected chi connectivity index (χ0v) is 17.6. The van der Waals surface area contributed by atoms with Crippen molar-refractivity contribution in [3.63, 3.8) is 0 Å². The Morgan fingerprint density at radius 2 is 1.88 bits per heavy atom. The number of nitrogens with zero attached hydrogens (tertiary/aromatic N) is 4. The average molecular weight is 452 g/mol. The van der Waals surface area contributed by atoms with Crippen LogP contribution in [0.2, 0.25) is 0 Å². The molecule has 0 bridgehead atoms. The number of alkyl halides is 3. The second kappa shape index (κ2) is 8.89. The molecule has 0 saturated heterocycles. The first-order valence-corrected chi connectivity index (χ1v) is 10.1. The van der Waals surface area contributed by atoms with E-state index in [1.54, 1.807) is 13.0 Å². The number of unbranched alkanes of at least 4 members (excludes halogenated alkanes) is 1. The van der Waals surface area contributed by atoms with Gasteiger partial charge in [-0.15, -0.1) is 0 Å². The van der Waals surface area contributed by atoms with Crippen LogP contribution < -0.4 is 21.9 Å². The van der Waals surface area contributed by atoms with Gasteiger partial charge in [0.15, 0.2) is 5.69 Å². The third-order valence-corrected chi connectivity index (χ3v) is 5.04. The maximum Gasteiger partial charge on any atom is 0.449 e. The number of nitrogens with one attached hydrogen (secondary N) is 1. The van der Waals surface area contributed by atoms with Crippen LogP contribution in [-0.4, -0.2) is 31.6 Å². The molecule has 2 heterocycles. The molecule has 0 aliphatic carbocycles. The number of halogens is 3. The number of anilines is 2. The van der Waals surface area contributed by atoms with E-state index in [1.165, 1.54) is 18.2 Å². The van der Waals surface area contributed by atoms with Crippen LogP contribution in [0.3, 0.4) is 0 Å². The summed E-state index contributed by atoms with van der Waals surface area (Å²) in [6.07, 6.45) is -3.43. The number of carbonyl (C=O) groups is 1. The molecule has 0 unspecified atom stereocenters. The summed E-state index contributed by atoms with van der Waals surface area (Å²) in [5.74, 6) is -2.24. The van der Waals surface area contributed by atoms with Gasteiger partial charge in [0, 0.05) is 13.1 Å². The number of rotatable bonds is 7. The molecule has 0 aliphatic rings. The number of likely N-dealkylation sites (N-methyl/N-ethyl adjacent to an activating group) is 1. The van der Waals surface area contributed by atoms with Crippen LogP contribution in [0.5, 0.6) is 0 Å². The number of H-pyrrole nitrogens is 1. The number of fused-ring (bicyclic) bond motifs is 1. The molecular weight excluding hydrogens is 429 g/mol. The first-order chi connectivity index (χ1) is 15.1. The van der Waals surface area contributed by atoms with Gasteiger partial charge in [0.05, 0.1) is 11.0 Å². The van der Waals surface area contributed by atoms with Gasteiger partial charge in [0.1, 0.15) is 12.4 Å². The van der Waals surface area contributed by atoms with Gasteiger partial charge >= 0.3 is 11.9 Å². The van der Waals surface area contributed by atoms with Gasteiger partial charge < -0.3 is 15.2 Å². The Morgan fingerprint density at radius 1 is 1.19 bits per heavy atom. The van der Waals surface area contributed by atoms with E-state index >= 15 is 0 Å². The second-order valence-electron chi connectivity index (χ2n) is 7.14. The van der Waals surface area contributed by atoms with Crippen LogP contribution in [0.15, 0.2) is 33.9 Å². The fourth-order valence-electron chi connectivity index (χ4n) is 3.51. The third kappa shape index (κ3) is 4.25. The van der Waals surface area contributed by atoms with E-state index in [1.807, 2.05) is 6.92 Å². The number of nitrogens with two attached hydrogens (primary N) is 1. The second-order valence-corrected chi connectivity index (χ2v) is 7.14. The van der Waals surface area contributed by atoms with Crippen molar-refractivity contribution in [2.75, 3.05) is 17.2 Å². The molecule has 3 N–H and O–H groups in total. The zero-order chi connectivity index (χ0) is 23.6. The minimum atomic E-state index is -4.79. The van der Waals surface area contributed by atoms with E-state index in [2.05, 4.69) is 9.97 Å². The standard InChI is InChI=1S/C20H23F3N6O3/c1-3-5-10-28-16(24)15(17(31)26-19(28)32)27(4-2)14(30)11-29-13-9-7-6-8-12(13)25-18(29)20(21,22)23/h6-9H,3-5,10-11,24H2,1-2H3,(H,26,31,32). The quantitative estimate of drug-likeness (QED) is 0.570. The number of nitrogen functional groups attached to an aromatic ring is 1. The summed E-state index contributed by atoms with van der Waals surface area (Å²) >= 11 is 0. The molecular formula is C20H23F3N6O3. The molecule has 9 nitrogen and oxygen atoms in total. The summed E-state index contributed by atoms with van der Waals surface area (Å²) in [7, 11) is 0. The molecule has 3 rings (SSSR count). The molecule has 12 heteroatoms. The summed E-state index contributed by atoms with van der Waals surface area (Å²) in [6, 6.07) is 5.91. The Bertz CT molecular complexity index is 1260. The fourth-order valence-corrected chi connectivity index (χ4v) is 3.51. The number of aromatic amines is 1. The lowest BCUT2D eigenvalue weighted by molar-refractivity contribution is -0.147. The molecule has 0 saturated carbocycles. The van der Waals surface area contributed by atoms with E-state index in [0.717, 1.165) is 20.5 Å². The zero-order valence-electron chi connectivity index (χ0n) is 17.6. The Morgan fingerprint density at radius 3 is 2.50 bits per heavy atom. The molecule has 172 valence electrons. The molecule has 2 aromatic heterocycles. The predicted molar refractivity (Wildman–Crippen MR) is 113 cm³/mol. The lowest BCUT2D eigenvalue weighted by Crippen LogP contribution is -2.42. The molecule has 3 aromatic rings. The number of aromatic nitrogens is 4. The summed E-state index contributed by atoms with van der Waals surface area (Å²) in [4.78, 5) is 44.5. The number of imidazole rings is 1. The number of amides is 1. The normalized spacial score (nSPS) is 11.8. The maximum absolute atomic E-state index is 13.6. The minimum absolute atomic E-state index is 0.0495. The van der Waals surface area contributed by atoms with Gasteiger partial charge in [-0.25, -0.2) is 9.78 Å². The smallest absolute Gasteiger partial charge is 0.383 e. The van der Waals surface area contributed by atoms with E-state index < -0.39 is 35.7 Å². The summed E-state index contributed by atoms with van der Waals surface area (Å²) in [5.41, 5.74) is 4.39. The van der Waals surface area contributed by atoms with E-state index in [4.69, 9.17) is 5.73 Å². The lowest BCUT2D eigenvalue weighted by atomic mass is 10.3. The highest BCUT2D eigenvalue weighted by Crippen LogP contribution is 2.31. The van der Waals surface area contributed by atoms with Crippen LogP contribution in [-0.2, 0) is 24.1 Å². The van der Waals surface area contributed by atoms with Crippen molar-refractivity contribution in [2.24, 2.45) is 0 Å². The minimum Gasteiger partial charge on any atom is -0.383 e. The monoisotopic (exact) mass is 452 g/mol. The first kappa shape index (κ1) is 23.1. The molecule has 0 spiro atoms. The van der Waals surface area contributed by atoms with Crippen molar-refractivity contribution in [3.8, 4) is 0 Å². The van der Waals surface area contributed by atoms with Crippen molar-refractivity contribution >= 4 is 28.4 Å². The third-order valence-electron chi connectivity index (χ3n) is 5.04. The number of hydrogen-bond donors (Lipinski definition) is 2. The van der Waals surface area contributed by atoms with Gasteiger partial charge in [-0.2, -0.15) is 13.2 Å². The highest BCUT2D eigenvalue weighted by atomic mass is 19.4. The predicted octanol–water partition coefficient (Wildman–Crippen LogP) is 2.34. The van der Waals surface area contributed by atoms with E-state index in [0.29, 0.717) is 6.42 Å². The lowest BCUT2D eigenvalue weighted by Gasteiger charge is -2.24. The Balaban J connectivity index is 2.07.